The Labute approximate surface area is 149 Å². The number of benzene rings is 1. The van der Waals surface area contributed by atoms with Gasteiger partial charge in [-0.15, -0.1) is 0 Å². The van der Waals surface area contributed by atoms with Crippen LogP contribution in [0.25, 0.3) is 0 Å². The minimum Gasteiger partial charge on any atom is -0.337 e. The van der Waals surface area contributed by atoms with E-state index in [9.17, 15) is 4.79 Å². The van der Waals surface area contributed by atoms with Gasteiger partial charge in [-0.3, -0.25) is 9.69 Å². The van der Waals surface area contributed by atoms with Crippen LogP contribution in [0.2, 0.25) is 0 Å². The summed E-state index contributed by atoms with van der Waals surface area (Å²) in [6.07, 6.45) is 3.50. The van der Waals surface area contributed by atoms with Gasteiger partial charge in [-0.1, -0.05) is 37.3 Å². The minimum absolute atomic E-state index is 0.171. The lowest BCUT2D eigenvalue weighted by Gasteiger charge is -2.38. The third-order valence-corrected chi connectivity index (χ3v) is 4.72. The number of anilines is 1. The highest BCUT2D eigenvalue weighted by Crippen LogP contribution is 2.23. The van der Waals surface area contributed by atoms with Crippen LogP contribution in [0.3, 0.4) is 0 Å². The van der Waals surface area contributed by atoms with Crippen molar-refractivity contribution in [3.8, 4) is 0 Å². The first-order valence-electron chi connectivity index (χ1n) is 8.76. The molecule has 2 heterocycles. The Morgan fingerprint density at radius 1 is 1.08 bits per heavy atom. The van der Waals surface area contributed by atoms with Gasteiger partial charge in [0.15, 0.2) is 0 Å². The molecule has 0 spiro atoms. The molecule has 1 saturated heterocycles. The van der Waals surface area contributed by atoms with Crippen molar-refractivity contribution in [3.05, 3.63) is 54.4 Å². The van der Waals surface area contributed by atoms with E-state index in [0.29, 0.717) is 13.1 Å². The van der Waals surface area contributed by atoms with Crippen molar-refractivity contribution >= 4 is 11.9 Å². The first-order chi connectivity index (χ1) is 12.2. The number of nitrogens with zero attached hydrogens (tertiary/aromatic N) is 5. The third-order valence-electron chi connectivity index (χ3n) is 4.72. The number of aromatic nitrogens is 2. The maximum atomic E-state index is 13.2. The van der Waals surface area contributed by atoms with Gasteiger partial charge in [0.2, 0.25) is 11.9 Å². The number of hydrogen-bond acceptors (Lipinski definition) is 5. The Morgan fingerprint density at radius 2 is 1.72 bits per heavy atom. The zero-order valence-corrected chi connectivity index (χ0v) is 14.9. The first-order valence-corrected chi connectivity index (χ1v) is 8.76. The number of likely N-dealkylation sites (N-methyl/N-ethyl adjacent to an activating group) is 1. The highest BCUT2D eigenvalue weighted by molar-refractivity contribution is 5.83. The molecular weight excluding hydrogens is 314 g/mol. The lowest BCUT2D eigenvalue weighted by Crippen LogP contribution is -2.52. The fourth-order valence-corrected chi connectivity index (χ4v) is 3.16. The van der Waals surface area contributed by atoms with Crippen LogP contribution in [0.4, 0.5) is 5.95 Å². The molecule has 1 aromatic heterocycles. The third kappa shape index (κ3) is 3.96. The second-order valence-electron chi connectivity index (χ2n) is 6.25. The van der Waals surface area contributed by atoms with Gasteiger partial charge < -0.3 is 9.80 Å². The molecule has 2 aromatic rings. The monoisotopic (exact) mass is 339 g/mol. The van der Waals surface area contributed by atoms with Crippen molar-refractivity contribution in [2.45, 2.75) is 13.0 Å². The normalized spacial score (nSPS) is 16.1. The van der Waals surface area contributed by atoms with E-state index < -0.39 is 0 Å². The van der Waals surface area contributed by atoms with E-state index >= 15 is 0 Å². The number of carbonyl (C=O) groups is 1. The van der Waals surface area contributed by atoms with E-state index in [0.717, 1.165) is 31.1 Å². The molecular formula is C19H25N5O. The molecule has 1 atom stereocenters. The van der Waals surface area contributed by atoms with Crippen LogP contribution in [0.5, 0.6) is 0 Å². The molecule has 0 radical (unpaired) electrons. The summed E-state index contributed by atoms with van der Waals surface area (Å²) in [5.74, 6) is 0.907. The summed E-state index contributed by atoms with van der Waals surface area (Å²) in [6.45, 7) is 5.80. The molecule has 1 aliphatic heterocycles. The molecule has 132 valence electrons. The van der Waals surface area contributed by atoms with E-state index in [1.165, 1.54) is 0 Å². The lowest BCUT2D eigenvalue weighted by atomic mass is 10.0. The van der Waals surface area contributed by atoms with E-state index in [2.05, 4.69) is 26.7 Å². The van der Waals surface area contributed by atoms with Crippen molar-refractivity contribution in [2.75, 3.05) is 44.7 Å². The molecule has 25 heavy (non-hydrogen) atoms. The average Bonchev–Trinajstić information content (AvgIpc) is 2.69. The van der Waals surface area contributed by atoms with E-state index in [-0.39, 0.29) is 11.9 Å². The topological polar surface area (TPSA) is 52.6 Å². The van der Waals surface area contributed by atoms with Crippen molar-refractivity contribution in [1.29, 1.82) is 0 Å². The second kappa shape index (κ2) is 8.07. The summed E-state index contributed by atoms with van der Waals surface area (Å²) in [7, 11) is 2.00. The SMILES string of the molecule is CCN(C)C(C(=O)N1CCN(c2ncccn2)CC1)c1ccccc1. The number of rotatable bonds is 5. The Balaban J connectivity index is 1.69. The molecule has 1 unspecified atom stereocenters. The summed E-state index contributed by atoms with van der Waals surface area (Å²) in [5, 5.41) is 0. The molecule has 0 N–H and O–H groups in total. The van der Waals surface area contributed by atoms with Crippen molar-refractivity contribution < 1.29 is 4.79 Å². The fourth-order valence-electron chi connectivity index (χ4n) is 3.16. The predicted octanol–water partition coefficient (Wildman–Crippen LogP) is 1.82. The van der Waals surface area contributed by atoms with Crippen molar-refractivity contribution in [1.82, 2.24) is 19.8 Å². The zero-order valence-electron chi connectivity index (χ0n) is 14.9. The maximum absolute atomic E-state index is 13.2. The van der Waals surface area contributed by atoms with Crippen LogP contribution in [-0.4, -0.2) is 65.4 Å². The molecule has 0 bridgehead atoms. The molecule has 6 nitrogen and oxygen atoms in total. The van der Waals surface area contributed by atoms with Gasteiger partial charge in [0.05, 0.1) is 0 Å². The molecule has 1 aromatic carbocycles. The molecule has 1 aliphatic rings. The summed E-state index contributed by atoms with van der Waals surface area (Å²) in [5.41, 5.74) is 1.05. The van der Waals surface area contributed by atoms with Crippen LogP contribution in [0.15, 0.2) is 48.8 Å². The van der Waals surface area contributed by atoms with Gasteiger partial charge in [0, 0.05) is 38.6 Å². The van der Waals surface area contributed by atoms with E-state index in [4.69, 9.17) is 0 Å². The largest absolute Gasteiger partial charge is 0.337 e. The smallest absolute Gasteiger partial charge is 0.244 e. The van der Waals surface area contributed by atoms with Crippen LogP contribution < -0.4 is 4.90 Å². The Morgan fingerprint density at radius 3 is 2.32 bits per heavy atom. The van der Waals surface area contributed by atoms with Crippen LogP contribution in [0.1, 0.15) is 18.5 Å². The Bertz CT molecular complexity index is 671. The number of hydrogen-bond donors (Lipinski definition) is 0. The second-order valence-corrected chi connectivity index (χ2v) is 6.25. The van der Waals surface area contributed by atoms with Crippen LogP contribution in [0, 0.1) is 0 Å². The molecule has 0 aliphatic carbocycles. The van der Waals surface area contributed by atoms with Crippen LogP contribution >= 0.6 is 0 Å². The van der Waals surface area contributed by atoms with Crippen molar-refractivity contribution in [2.24, 2.45) is 0 Å². The fraction of sp³-hybridized carbons (Fsp3) is 0.421. The Hall–Kier alpha value is -2.47. The number of amides is 1. The molecule has 6 heteroatoms. The maximum Gasteiger partial charge on any atom is 0.244 e. The highest BCUT2D eigenvalue weighted by atomic mass is 16.2. The van der Waals surface area contributed by atoms with Gasteiger partial charge in [-0.05, 0) is 25.2 Å². The lowest BCUT2D eigenvalue weighted by molar-refractivity contribution is -0.137. The van der Waals surface area contributed by atoms with E-state index in [1.807, 2.05) is 48.3 Å². The molecule has 1 fully saturated rings. The number of piperazine rings is 1. The summed E-state index contributed by atoms with van der Waals surface area (Å²) >= 11 is 0. The van der Waals surface area contributed by atoms with E-state index in [1.54, 1.807) is 12.4 Å². The summed E-state index contributed by atoms with van der Waals surface area (Å²) in [6, 6.07) is 11.6. The van der Waals surface area contributed by atoms with Crippen molar-refractivity contribution in [3.63, 3.8) is 0 Å². The molecule has 1 amide bonds. The van der Waals surface area contributed by atoms with Gasteiger partial charge in [0.25, 0.3) is 0 Å². The Kier molecular flexibility index (Phi) is 5.60. The van der Waals surface area contributed by atoms with Crippen LogP contribution in [-0.2, 0) is 4.79 Å². The van der Waals surface area contributed by atoms with Gasteiger partial charge in [0.1, 0.15) is 6.04 Å². The number of carbonyl (C=O) groups excluding carboxylic acids is 1. The first kappa shape index (κ1) is 17.4. The standard InChI is InChI=1S/C19H25N5O/c1-3-22(2)17(16-8-5-4-6-9-16)18(25)23-12-14-24(15-13-23)19-20-10-7-11-21-19/h4-11,17H,3,12-15H2,1-2H3. The quantitative estimate of drug-likeness (QED) is 0.832. The van der Waals surface area contributed by atoms with Gasteiger partial charge >= 0.3 is 0 Å². The summed E-state index contributed by atoms with van der Waals surface area (Å²) < 4.78 is 0. The summed E-state index contributed by atoms with van der Waals surface area (Å²) in [4.78, 5) is 28.0. The van der Waals surface area contributed by atoms with Gasteiger partial charge in [-0.2, -0.15) is 0 Å². The molecule has 0 saturated carbocycles. The molecule has 3 rings (SSSR count). The predicted molar refractivity (Wildman–Crippen MR) is 98.3 cm³/mol. The van der Waals surface area contributed by atoms with Gasteiger partial charge in [-0.25, -0.2) is 9.97 Å². The minimum atomic E-state index is -0.231. The zero-order chi connectivity index (χ0) is 17.6. The average molecular weight is 339 g/mol. The highest BCUT2D eigenvalue weighted by Gasteiger charge is 2.31.